The molecule has 0 unspecified atom stereocenters. The first kappa shape index (κ1) is 24.5. The maximum Gasteiger partial charge on any atom is 0.391 e. The Labute approximate surface area is 196 Å². The fourth-order valence-corrected chi connectivity index (χ4v) is 4.59. The molecule has 1 atom stereocenters. The number of hydrogen-bond donors (Lipinski definition) is 2. The van der Waals surface area contributed by atoms with Crippen molar-refractivity contribution in [2.45, 2.75) is 76.2 Å². The molecule has 3 heterocycles. The van der Waals surface area contributed by atoms with Crippen LogP contribution in [0.3, 0.4) is 0 Å². The average molecular weight is 481 g/mol. The highest BCUT2D eigenvalue weighted by atomic mass is 19.4. The third-order valence-electron chi connectivity index (χ3n) is 6.53. The fraction of sp³-hybridized carbons (Fsp3) is 0.609. The Morgan fingerprint density at radius 3 is 2.62 bits per heavy atom. The number of halogens is 3. The van der Waals surface area contributed by atoms with Crippen LogP contribution in [-0.4, -0.2) is 63.8 Å². The molecule has 1 saturated carbocycles. The zero-order valence-electron chi connectivity index (χ0n) is 19.4. The summed E-state index contributed by atoms with van der Waals surface area (Å²) in [7, 11) is 0. The van der Waals surface area contributed by atoms with Crippen LogP contribution in [0.2, 0.25) is 0 Å². The average Bonchev–Trinajstić information content (AvgIpc) is 3.31. The van der Waals surface area contributed by atoms with E-state index < -0.39 is 18.6 Å². The second kappa shape index (κ2) is 9.91. The van der Waals surface area contributed by atoms with Gasteiger partial charge in [0.25, 0.3) is 0 Å². The number of rotatable bonds is 6. The van der Waals surface area contributed by atoms with E-state index in [9.17, 15) is 18.3 Å². The van der Waals surface area contributed by atoms with Crippen LogP contribution in [0.25, 0.3) is 11.1 Å². The first-order chi connectivity index (χ1) is 16.1. The zero-order chi connectivity index (χ0) is 24.5. The van der Waals surface area contributed by atoms with Gasteiger partial charge in [-0.05, 0) is 52.3 Å². The molecule has 2 aromatic rings. The van der Waals surface area contributed by atoms with Crippen LogP contribution in [0, 0.1) is 6.92 Å². The minimum absolute atomic E-state index is 0.0291. The molecule has 0 radical (unpaired) electrons. The van der Waals surface area contributed by atoms with Crippen LogP contribution in [-0.2, 0) is 4.74 Å². The van der Waals surface area contributed by atoms with E-state index in [0.29, 0.717) is 26.1 Å². The number of ether oxygens (including phenoxy) is 1. The predicted octanol–water partition coefficient (Wildman–Crippen LogP) is 4.19. The number of nitrogens with zero attached hydrogens (tertiary/aromatic N) is 5. The molecule has 1 saturated heterocycles. The van der Waals surface area contributed by atoms with Gasteiger partial charge in [0.05, 0.1) is 44.0 Å². The molecule has 1 aliphatic heterocycles. The van der Waals surface area contributed by atoms with Crippen molar-refractivity contribution in [1.82, 2.24) is 14.5 Å². The van der Waals surface area contributed by atoms with Gasteiger partial charge in [0, 0.05) is 34.6 Å². The van der Waals surface area contributed by atoms with Crippen LogP contribution in [0.15, 0.2) is 28.4 Å². The Bertz CT molecular complexity index is 1030. The van der Waals surface area contributed by atoms with Crippen LogP contribution in [0.1, 0.15) is 62.4 Å². The lowest BCUT2D eigenvalue weighted by Gasteiger charge is -2.27. The Hall–Kier alpha value is -2.66. The maximum absolute atomic E-state index is 12.8. The van der Waals surface area contributed by atoms with Crippen molar-refractivity contribution < 1.29 is 23.0 Å². The minimum Gasteiger partial charge on any atom is -0.393 e. The molecule has 2 aromatic heterocycles. The molecule has 4 rings (SSSR count). The lowest BCUT2D eigenvalue weighted by atomic mass is 9.85. The van der Waals surface area contributed by atoms with Gasteiger partial charge >= 0.3 is 6.18 Å². The SMILES string of the molecule is C=NC(=N[C@@H](C)CC(F)(F)F)Nn1c(C2CCC(O)CC2)cc(-c2cnn(C3COC3)c2)c1C. The van der Waals surface area contributed by atoms with Crippen LogP contribution >= 0.6 is 0 Å². The molecule has 11 heteroatoms. The molecule has 0 amide bonds. The standard InChI is InChI=1S/C23H31F3N6O2/c1-14(9-23(24,25)26)29-22(27-3)30-32-15(2)20(8-21(32)16-4-6-19(33)7-5-16)17-10-28-31(11-17)18-12-34-13-18/h8,10-11,14,16,18-19,33H,3-7,9,12-13H2,1-2H3,(H,29,30)/t14-,16?,19?/m0/s1. The van der Waals surface area contributed by atoms with Crippen molar-refractivity contribution >= 4 is 12.7 Å². The summed E-state index contributed by atoms with van der Waals surface area (Å²) >= 11 is 0. The van der Waals surface area contributed by atoms with Crippen LogP contribution in [0.4, 0.5) is 13.2 Å². The van der Waals surface area contributed by atoms with E-state index in [-0.39, 0.29) is 24.0 Å². The summed E-state index contributed by atoms with van der Waals surface area (Å²) in [6.45, 7) is 8.11. The number of aliphatic imine (C=N–C) groups is 2. The first-order valence-electron chi connectivity index (χ1n) is 11.6. The molecule has 0 spiro atoms. The molecule has 8 nitrogen and oxygen atoms in total. The van der Waals surface area contributed by atoms with Gasteiger partial charge in [-0.2, -0.15) is 18.3 Å². The molecule has 0 aromatic carbocycles. The van der Waals surface area contributed by atoms with Crippen LogP contribution in [0.5, 0.6) is 0 Å². The minimum atomic E-state index is -4.31. The van der Waals surface area contributed by atoms with Crippen molar-refractivity contribution in [1.29, 1.82) is 0 Å². The Kier molecular flexibility index (Phi) is 7.13. The molecule has 1 aliphatic carbocycles. The second-order valence-electron chi connectivity index (χ2n) is 9.20. The number of alkyl halides is 3. The van der Waals surface area contributed by atoms with Gasteiger partial charge in [0.1, 0.15) is 0 Å². The van der Waals surface area contributed by atoms with Crippen LogP contribution < -0.4 is 5.43 Å². The third kappa shape index (κ3) is 5.52. The van der Waals surface area contributed by atoms with Gasteiger partial charge in [0.2, 0.25) is 5.96 Å². The number of aliphatic hydroxyl groups is 1. The lowest BCUT2D eigenvalue weighted by Crippen LogP contribution is -2.30. The maximum atomic E-state index is 12.8. The third-order valence-corrected chi connectivity index (χ3v) is 6.53. The van der Waals surface area contributed by atoms with E-state index >= 15 is 0 Å². The quantitative estimate of drug-likeness (QED) is 0.479. The molecule has 0 bridgehead atoms. The summed E-state index contributed by atoms with van der Waals surface area (Å²) in [5.41, 5.74) is 6.84. The lowest BCUT2D eigenvalue weighted by molar-refractivity contribution is -0.137. The van der Waals surface area contributed by atoms with Gasteiger partial charge in [-0.3, -0.25) is 14.8 Å². The monoisotopic (exact) mass is 480 g/mol. The van der Waals surface area contributed by atoms with E-state index in [0.717, 1.165) is 35.4 Å². The van der Waals surface area contributed by atoms with Gasteiger partial charge in [0.15, 0.2) is 0 Å². The fourth-order valence-electron chi connectivity index (χ4n) is 4.59. The van der Waals surface area contributed by atoms with Crippen molar-refractivity contribution in [3.05, 3.63) is 29.8 Å². The van der Waals surface area contributed by atoms with Crippen molar-refractivity contribution in [2.24, 2.45) is 9.98 Å². The van der Waals surface area contributed by atoms with E-state index in [1.54, 1.807) is 0 Å². The molecule has 2 aliphatic rings. The summed E-state index contributed by atoms with van der Waals surface area (Å²) in [5, 5.41) is 14.4. The number of nitrogens with one attached hydrogen (secondary N) is 1. The molecule has 186 valence electrons. The van der Waals surface area contributed by atoms with E-state index in [1.165, 1.54) is 6.92 Å². The smallest absolute Gasteiger partial charge is 0.391 e. The molecule has 34 heavy (non-hydrogen) atoms. The number of hydrogen-bond acceptors (Lipinski definition) is 4. The summed E-state index contributed by atoms with van der Waals surface area (Å²) < 4.78 is 47.4. The van der Waals surface area contributed by atoms with E-state index in [2.05, 4.69) is 33.3 Å². The largest absolute Gasteiger partial charge is 0.393 e. The molecule has 2 fully saturated rings. The summed E-state index contributed by atoms with van der Waals surface area (Å²) in [4.78, 5) is 7.96. The highest BCUT2D eigenvalue weighted by molar-refractivity contribution is 5.91. The Balaban J connectivity index is 1.66. The number of guanidine groups is 1. The summed E-state index contributed by atoms with van der Waals surface area (Å²) in [5.74, 6) is 0.207. The highest BCUT2D eigenvalue weighted by Gasteiger charge is 2.31. The second-order valence-corrected chi connectivity index (χ2v) is 9.20. The first-order valence-corrected chi connectivity index (χ1v) is 11.6. The Morgan fingerprint density at radius 2 is 2.03 bits per heavy atom. The predicted molar refractivity (Wildman–Crippen MR) is 124 cm³/mol. The summed E-state index contributed by atoms with van der Waals surface area (Å²) in [6.07, 6.45) is 1.16. The van der Waals surface area contributed by atoms with Crippen molar-refractivity contribution in [2.75, 3.05) is 18.6 Å². The number of aromatic nitrogens is 3. The Morgan fingerprint density at radius 1 is 1.32 bits per heavy atom. The van der Waals surface area contributed by atoms with Gasteiger partial charge in [-0.1, -0.05) is 0 Å². The summed E-state index contributed by atoms with van der Waals surface area (Å²) in [6, 6.07) is 1.32. The number of aliphatic hydroxyl groups excluding tert-OH is 1. The molecular weight excluding hydrogens is 449 g/mol. The van der Waals surface area contributed by atoms with Crippen molar-refractivity contribution in [3.8, 4) is 11.1 Å². The van der Waals surface area contributed by atoms with E-state index in [1.807, 2.05) is 28.7 Å². The van der Waals surface area contributed by atoms with E-state index in [4.69, 9.17) is 4.74 Å². The highest BCUT2D eigenvalue weighted by Crippen LogP contribution is 2.37. The van der Waals surface area contributed by atoms with Gasteiger partial charge < -0.3 is 9.84 Å². The van der Waals surface area contributed by atoms with Gasteiger partial charge in [-0.25, -0.2) is 9.98 Å². The molecule has 2 N–H and O–H groups in total. The zero-order valence-corrected chi connectivity index (χ0v) is 19.4. The van der Waals surface area contributed by atoms with Crippen molar-refractivity contribution in [3.63, 3.8) is 0 Å². The normalized spacial score (nSPS) is 22.9. The van der Waals surface area contributed by atoms with Gasteiger partial charge in [-0.15, -0.1) is 0 Å². The topological polar surface area (TPSA) is 89.0 Å². The molecular formula is C23H31F3N6O2.